The standard InChI is InChI=1S/C27H28ClF3N4O5S/c1-38-18-8-7-16(21(9-18)39-2)12-35(23-6-4-5-22(30)33-23)41(36,37)26-19(29)10-20(24(28)25(26)31)34-13-17-11-32-14-27(17,15-34)40-3/h4-10,17,32H,11-15H2,1-3H3/t17-,27+/m1/s1. The first-order valence-electron chi connectivity index (χ1n) is 12.6. The number of halogens is 4. The molecule has 1 N–H and O–H groups in total. The van der Waals surface area contributed by atoms with Crippen LogP contribution in [0.1, 0.15) is 5.56 Å². The molecule has 2 aromatic carbocycles. The van der Waals surface area contributed by atoms with Crippen molar-refractivity contribution in [3.63, 3.8) is 0 Å². The lowest BCUT2D eigenvalue weighted by Gasteiger charge is -2.28. The molecule has 41 heavy (non-hydrogen) atoms. The third kappa shape index (κ3) is 5.16. The van der Waals surface area contributed by atoms with E-state index in [1.807, 2.05) is 0 Å². The maximum atomic E-state index is 15.9. The number of aromatic nitrogens is 1. The second-order valence-corrected chi connectivity index (χ2v) is 12.0. The molecule has 2 aliphatic rings. The van der Waals surface area contributed by atoms with E-state index in [2.05, 4.69) is 10.3 Å². The molecule has 9 nitrogen and oxygen atoms in total. The minimum Gasteiger partial charge on any atom is -0.497 e. The number of anilines is 2. The van der Waals surface area contributed by atoms with Crippen LogP contribution in [0.4, 0.5) is 24.7 Å². The highest BCUT2D eigenvalue weighted by Gasteiger charge is 2.51. The van der Waals surface area contributed by atoms with Crippen LogP contribution in [0.15, 0.2) is 47.4 Å². The second kappa shape index (κ2) is 11.2. The van der Waals surface area contributed by atoms with Crippen LogP contribution in [0.3, 0.4) is 0 Å². The summed E-state index contributed by atoms with van der Waals surface area (Å²) in [6.07, 6.45) is 0. The fourth-order valence-corrected chi connectivity index (χ4v) is 7.29. The summed E-state index contributed by atoms with van der Waals surface area (Å²) in [5.74, 6) is -3.49. The molecular weight excluding hydrogens is 585 g/mol. The molecular formula is C27H28ClF3N4O5S. The Morgan fingerprint density at radius 2 is 1.93 bits per heavy atom. The van der Waals surface area contributed by atoms with Crippen molar-refractivity contribution in [2.75, 3.05) is 56.7 Å². The molecule has 3 heterocycles. The van der Waals surface area contributed by atoms with Crippen LogP contribution in [-0.2, 0) is 21.3 Å². The number of fused-ring (bicyclic) bond motifs is 1. The Bertz CT molecular complexity index is 1580. The van der Waals surface area contributed by atoms with Gasteiger partial charge in [-0.1, -0.05) is 17.7 Å². The van der Waals surface area contributed by atoms with Crippen molar-refractivity contribution in [1.29, 1.82) is 0 Å². The number of hydrogen-bond donors (Lipinski definition) is 1. The van der Waals surface area contributed by atoms with Crippen LogP contribution in [0.25, 0.3) is 0 Å². The first-order valence-corrected chi connectivity index (χ1v) is 14.4. The molecule has 0 amide bonds. The van der Waals surface area contributed by atoms with E-state index < -0.39 is 55.5 Å². The molecule has 14 heteroatoms. The van der Waals surface area contributed by atoms with E-state index in [4.69, 9.17) is 25.8 Å². The van der Waals surface area contributed by atoms with Crippen LogP contribution < -0.4 is 24.0 Å². The Labute approximate surface area is 240 Å². The Kier molecular flexibility index (Phi) is 7.99. The van der Waals surface area contributed by atoms with Gasteiger partial charge in [0.1, 0.15) is 33.8 Å². The number of pyridine rings is 1. The second-order valence-electron chi connectivity index (χ2n) is 9.82. The summed E-state index contributed by atoms with van der Waals surface area (Å²) < 4.78 is 90.6. The SMILES string of the molecule is COc1ccc(CN(c2cccc(F)n2)S(=O)(=O)c2c(F)cc(N3C[C@H]4CNC[C@]4(OC)C3)c(Cl)c2F)c(OC)c1. The van der Waals surface area contributed by atoms with Crippen molar-refractivity contribution in [2.24, 2.45) is 5.92 Å². The summed E-state index contributed by atoms with van der Waals surface area (Å²) in [4.78, 5) is 4.07. The third-order valence-electron chi connectivity index (χ3n) is 7.61. The lowest BCUT2D eigenvalue weighted by Crippen LogP contribution is -2.41. The zero-order chi connectivity index (χ0) is 29.5. The molecule has 2 aliphatic heterocycles. The van der Waals surface area contributed by atoms with Gasteiger partial charge in [0.05, 0.1) is 26.5 Å². The number of nitrogens with one attached hydrogen (secondary N) is 1. The fraction of sp³-hybridized carbons (Fsp3) is 0.370. The average Bonchev–Trinajstić information content (AvgIpc) is 3.51. The number of benzene rings is 2. The van der Waals surface area contributed by atoms with Gasteiger partial charge in [-0.05, 0) is 24.3 Å². The smallest absolute Gasteiger partial charge is 0.271 e. The van der Waals surface area contributed by atoms with Gasteiger partial charge in [0.15, 0.2) is 10.7 Å². The maximum Gasteiger partial charge on any atom is 0.271 e. The van der Waals surface area contributed by atoms with Crippen molar-refractivity contribution < 1.29 is 35.8 Å². The van der Waals surface area contributed by atoms with E-state index in [0.717, 1.165) is 12.1 Å². The molecule has 3 aromatic rings. The van der Waals surface area contributed by atoms with Gasteiger partial charge in [-0.2, -0.15) is 4.39 Å². The molecule has 2 saturated heterocycles. The average molecular weight is 613 g/mol. The van der Waals surface area contributed by atoms with Crippen LogP contribution in [0.5, 0.6) is 11.5 Å². The van der Waals surface area contributed by atoms with E-state index in [1.165, 1.54) is 38.5 Å². The summed E-state index contributed by atoms with van der Waals surface area (Å²) in [6.45, 7) is 1.43. The van der Waals surface area contributed by atoms with Crippen molar-refractivity contribution in [2.45, 2.75) is 17.0 Å². The highest BCUT2D eigenvalue weighted by Crippen LogP contribution is 2.42. The minimum atomic E-state index is -5.04. The first-order chi connectivity index (χ1) is 19.5. The lowest BCUT2D eigenvalue weighted by atomic mass is 9.95. The zero-order valence-electron chi connectivity index (χ0n) is 22.5. The molecule has 0 spiro atoms. The van der Waals surface area contributed by atoms with Gasteiger partial charge in [-0.25, -0.2) is 26.5 Å². The highest BCUT2D eigenvalue weighted by atomic mass is 35.5. The summed E-state index contributed by atoms with van der Waals surface area (Å²) >= 11 is 6.39. The molecule has 0 saturated carbocycles. The number of sulfonamides is 1. The van der Waals surface area contributed by atoms with E-state index >= 15 is 8.78 Å². The Morgan fingerprint density at radius 3 is 2.59 bits per heavy atom. The Hall–Kier alpha value is -3.26. The molecule has 2 fully saturated rings. The lowest BCUT2D eigenvalue weighted by molar-refractivity contribution is 0.00153. The summed E-state index contributed by atoms with van der Waals surface area (Å²) in [6, 6.07) is 8.96. The Morgan fingerprint density at radius 1 is 1.15 bits per heavy atom. The highest BCUT2D eigenvalue weighted by molar-refractivity contribution is 7.92. The quantitative estimate of drug-likeness (QED) is 0.287. The molecule has 0 radical (unpaired) electrons. The van der Waals surface area contributed by atoms with E-state index in [-0.39, 0.29) is 17.4 Å². The van der Waals surface area contributed by atoms with Crippen LogP contribution in [0, 0.1) is 23.5 Å². The van der Waals surface area contributed by atoms with Gasteiger partial charge in [0.25, 0.3) is 10.0 Å². The van der Waals surface area contributed by atoms with Gasteiger partial charge in [0.2, 0.25) is 5.95 Å². The predicted octanol–water partition coefficient (Wildman–Crippen LogP) is 3.99. The molecule has 5 rings (SSSR count). The number of hydrogen-bond acceptors (Lipinski definition) is 8. The van der Waals surface area contributed by atoms with Gasteiger partial charge in [-0.3, -0.25) is 0 Å². The fourth-order valence-electron chi connectivity index (χ4n) is 5.45. The van der Waals surface area contributed by atoms with Gasteiger partial charge in [0, 0.05) is 56.9 Å². The number of nitrogens with zero attached hydrogens (tertiary/aromatic N) is 3. The third-order valence-corrected chi connectivity index (χ3v) is 9.76. The van der Waals surface area contributed by atoms with Gasteiger partial charge >= 0.3 is 0 Å². The molecule has 0 unspecified atom stereocenters. The van der Waals surface area contributed by atoms with Crippen molar-refractivity contribution in [1.82, 2.24) is 10.3 Å². The molecule has 0 aliphatic carbocycles. The largest absolute Gasteiger partial charge is 0.497 e. The van der Waals surface area contributed by atoms with E-state index in [9.17, 15) is 12.8 Å². The molecule has 0 bridgehead atoms. The van der Waals surface area contributed by atoms with Crippen molar-refractivity contribution >= 4 is 33.1 Å². The van der Waals surface area contributed by atoms with E-state index in [1.54, 1.807) is 18.1 Å². The van der Waals surface area contributed by atoms with Gasteiger partial charge < -0.3 is 24.4 Å². The van der Waals surface area contributed by atoms with E-state index in [0.29, 0.717) is 41.8 Å². The summed E-state index contributed by atoms with van der Waals surface area (Å²) in [5.41, 5.74) is -0.245. The number of methoxy groups -OCH3 is 3. The van der Waals surface area contributed by atoms with Crippen LogP contribution >= 0.6 is 11.6 Å². The minimum absolute atomic E-state index is 0.0127. The normalized spacial score (nSPS) is 20.3. The molecule has 220 valence electrons. The van der Waals surface area contributed by atoms with Crippen LogP contribution in [-0.4, -0.2) is 66.5 Å². The monoisotopic (exact) mass is 612 g/mol. The molecule has 2 atom stereocenters. The van der Waals surface area contributed by atoms with Crippen molar-refractivity contribution in [3.8, 4) is 11.5 Å². The summed E-state index contributed by atoms with van der Waals surface area (Å²) in [5, 5.41) is 2.70. The Balaban J connectivity index is 1.58. The van der Waals surface area contributed by atoms with Gasteiger partial charge in [-0.15, -0.1) is 0 Å². The number of ether oxygens (including phenoxy) is 3. The van der Waals surface area contributed by atoms with Crippen molar-refractivity contribution in [3.05, 3.63) is 70.6 Å². The zero-order valence-corrected chi connectivity index (χ0v) is 24.0. The topological polar surface area (TPSA) is 93.2 Å². The first kappa shape index (κ1) is 29.2. The number of rotatable bonds is 9. The predicted molar refractivity (Wildman–Crippen MR) is 147 cm³/mol. The van der Waals surface area contributed by atoms with Crippen LogP contribution in [0.2, 0.25) is 5.02 Å². The molecule has 1 aromatic heterocycles. The summed E-state index contributed by atoms with van der Waals surface area (Å²) in [7, 11) is -0.645. The maximum absolute atomic E-state index is 15.9.